The number of rotatable bonds is 3. The van der Waals surface area contributed by atoms with Crippen LogP contribution < -0.4 is 0 Å². The molecule has 1 aromatic heterocycles. The van der Waals surface area contributed by atoms with Gasteiger partial charge >= 0.3 is 5.97 Å². The molecular weight excluding hydrogens is 202 g/mol. The summed E-state index contributed by atoms with van der Waals surface area (Å²) in [4.78, 5) is 14.7. The molecule has 0 bridgehead atoms. The summed E-state index contributed by atoms with van der Waals surface area (Å²) in [7, 11) is 0. The van der Waals surface area contributed by atoms with E-state index in [1.54, 1.807) is 12.4 Å². The van der Waals surface area contributed by atoms with Crippen LogP contribution in [0.25, 0.3) is 10.8 Å². The van der Waals surface area contributed by atoms with Crippen molar-refractivity contribution < 1.29 is 9.90 Å². The molecule has 1 atom stereocenters. The fourth-order valence-corrected chi connectivity index (χ4v) is 1.79. The standard InChI is InChI=1S/C13H13NO2/c1-9(6-13(15)16)10-2-3-12-8-14-5-4-11(12)7-10/h2-5,7-9H,6H2,1H3,(H,15,16). The smallest absolute Gasteiger partial charge is 0.303 e. The maximum Gasteiger partial charge on any atom is 0.303 e. The van der Waals surface area contributed by atoms with Crippen molar-refractivity contribution in [1.29, 1.82) is 0 Å². The third kappa shape index (κ3) is 2.19. The van der Waals surface area contributed by atoms with Crippen LogP contribution in [-0.2, 0) is 4.79 Å². The number of carbonyl (C=O) groups is 1. The zero-order valence-corrected chi connectivity index (χ0v) is 9.05. The molecule has 1 N–H and O–H groups in total. The molecule has 0 fully saturated rings. The van der Waals surface area contributed by atoms with E-state index in [-0.39, 0.29) is 12.3 Å². The summed E-state index contributed by atoms with van der Waals surface area (Å²) in [6, 6.07) is 7.92. The minimum atomic E-state index is -0.762. The predicted octanol–water partition coefficient (Wildman–Crippen LogP) is 2.81. The van der Waals surface area contributed by atoms with E-state index >= 15 is 0 Å². The fraction of sp³-hybridized carbons (Fsp3) is 0.231. The maximum atomic E-state index is 10.6. The maximum absolute atomic E-state index is 10.6. The van der Waals surface area contributed by atoms with Gasteiger partial charge in [0.1, 0.15) is 0 Å². The van der Waals surface area contributed by atoms with Crippen molar-refractivity contribution in [1.82, 2.24) is 4.98 Å². The van der Waals surface area contributed by atoms with Gasteiger partial charge in [-0.2, -0.15) is 0 Å². The number of fused-ring (bicyclic) bond motifs is 1. The zero-order chi connectivity index (χ0) is 11.5. The highest BCUT2D eigenvalue weighted by Gasteiger charge is 2.10. The molecule has 16 heavy (non-hydrogen) atoms. The molecule has 2 rings (SSSR count). The Balaban J connectivity index is 2.35. The van der Waals surface area contributed by atoms with E-state index < -0.39 is 5.97 Å². The van der Waals surface area contributed by atoms with Gasteiger partial charge in [-0.1, -0.05) is 25.1 Å². The second-order valence-electron chi connectivity index (χ2n) is 3.98. The number of nitrogens with zero attached hydrogens (tertiary/aromatic N) is 1. The van der Waals surface area contributed by atoms with Gasteiger partial charge in [0.25, 0.3) is 0 Å². The highest BCUT2D eigenvalue weighted by Crippen LogP contribution is 2.23. The van der Waals surface area contributed by atoms with Gasteiger partial charge in [0, 0.05) is 17.8 Å². The lowest BCUT2D eigenvalue weighted by Crippen LogP contribution is -2.02. The molecule has 0 spiro atoms. The SMILES string of the molecule is CC(CC(=O)O)c1ccc2cnccc2c1. The van der Waals surface area contributed by atoms with Crippen molar-refractivity contribution >= 4 is 16.7 Å². The third-order valence-corrected chi connectivity index (χ3v) is 2.71. The minimum Gasteiger partial charge on any atom is -0.481 e. The van der Waals surface area contributed by atoms with Crippen molar-refractivity contribution in [3.05, 3.63) is 42.2 Å². The van der Waals surface area contributed by atoms with Gasteiger partial charge in [0.05, 0.1) is 6.42 Å². The number of pyridine rings is 1. The van der Waals surface area contributed by atoms with Crippen molar-refractivity contribution in [3.63, 3.8) is 0 Å². The Morgan fingerprint density at radius 1 is 1.38 bits per heavy atom. The first-order valence-electron chi connectivity index (χ1n) is 5.22. The fourth-order valence-electron chi connectivity index (χ4n) is 1.79. The lowest BCUT2D eigenvalue weighted by Gasteiger charge is -2.09. The lowest BCUT2D eigenvalue weighted by atomic mass is 9.96. The van der Waals surface area contributed by atoms with Crippen molar-refractivity contribution in [2.45, 2.75) is 19.3 Å². The first kappa shape index (κ1) is 10.6. The Morgan fingerprint density at radius 3 is 2.94 bits per heavy atom. The summed E-state index contributed by atoms with van der Waals surface area (Å²) in [5.74, 6) is -0.725. The molecule has 0 aliphatic heterocycles. The predicted molar refractivity (Wildman–Crippen MR) is 62.4 cm³/mol. The summed E-state index contributed by atoms with van der Waals surface area (Å²) in [5, 5.41) is 10.9. The lowest BCUT2D eigenvalue weighted by molar-refractivity contribution is -0.137. The molecule has 0 aliphatic carbocycles. The molecule has 2 aromatic rings. The van der Waals surface area contributed by atoms with Crippen LogP contribution >= 0.6 is 0 Å². The molecule has 3 nitrogen and oxygen atoms in total. The summed E-state index contributed by atoms with van der Waals surface area (Å²) >= 11 is 0. The van der Waals surface area contributed by atoms with Gasteiger partial charge in [0.2, 0.25) is 0 Å². The normalized spacial score (nSPS) is 12.6. The van der Waals surface area contributed by atoms with Crippen LogP contribution in [0.4, 0.5) is 0 Å². The molecule has 82 valence electrons. The third-order valence-electron chi connectivity index (χ3n) is 2.71. The van der Waals surface area contributed by atoms with Gasteiger partial charge < -0.3 is 5.11 Å². The van der Waals surface area contributed by atoms with Crippen LogP contribution in [0.5, 0.6) is 0 Å². The average molecular weight is 215 g/mol. The Labute approximate surface area is 93.7 Å². The average Bonchev–Trinajstić information content (AvgIpc) is 2.27. The Morgan fingerprint density at radius 2 is 2.19 bits per heavy atom. The first-order valence-corrected chi connectivity index (χ1v) is 5.22. The number of carboxylic acids is 1. The molecule has 0 radical (unpaired) electrons. The van der Waals surface area contributed by atoms with E-state index in [9.17, 15) is 4.79 Å². The molecule has 0 saturated heterocycles. The quantitative estimate of drug-likeness (QED) is 0.856. The van der Waals surface area contributed by atoms with Crippen LogP contribution in [0.15, 0.2) is 36.7 Å². The summed E-state index contributed by atoms with van der Waals surface area (Å²) < 4.78 is 0. The van der Waals surface area contributed by atoms with Crippen molar-refractivity contribution in [2.75, 3.05) is 0 Å². The molecular formula is C13H13NO2. The summed E-state index contributed by atoms with van der Waals surface area (Å²) in [5.41, 5.74) is 1.06. The van der Waals surface area contributed by atoms with Gasteiger partial charge in [-0.05, 0) is 22.9 Å². The van der Waals surface area contributed by atoms with E-state index in [2.05, 4.69) is 4.98 Å². The number of benzene rings is 1. The number of aromatic nitrogens is 1. The minimum absolute atomic E-state index is 0.0371. The van der Waals surface area contributed by atoms with Gasteiger partial charge in [-0.15, -0.1) is 0 Å². The van der Waals surface area contributed by atoms with Crippen molar-refractivity contribution in [2.24, 2.45) is 0 Å². The van der Waals surface area contributed by atoms with E-state index in [1.165, 1.54) is 0 Å². The van der Waals surface area contributed by atoms with E-state index in [0.29, 0.717) is 0 Å². The zero-order valence-electron chi connectivity index (χ0n) is 9.05. The van der Waals surface area contributed by atoms with E-state index in [1.807, 2.05) is 31.2 Å². The molecule has 0 saturated carbocycles. The molecule has 0 amide bonds. The van der Waals surface area contributed by atoms with Crippen molar-refractivity contribution in [3.8, 4) is 0 Å². The Hall–Kier alpha value is -1.90. The second kappa shape index (κ2) is 4.31. The summed E-state index contributed by atoms with van der Waals surface area (Å²) in [6.45, 7) is 1.93. The highest BCUT2D eigenvalue weighted by molar-refractivity contribution is 5.82. The highest BCUT2D eigenvalue weighted by atomic mass is 16.4. The molecule has 1 unspecified atom stereocenters. The van der Waals surface area contributed by atoms with Crippen LogP contribution in [0.2, 0.25) is 0 Å². The number of hydrogen-bond donors (Lipinski definition) is 1. The topological polar surface area (TPSA) is 50.2 Å². The second-order valence-corrected chi connectivity index (χ2v) is 3.98. The van der Waals surface area contributed by atoms with E-state index in [4.69, 9.17) is 5.11 Å². The molecule has 1 heterocycles. The Kier molecular flexibility index (Phi) is 2.86. The van der Waals surface area contributed by atoms with Gasteiger partial charge in [0.15, 0.2) is 0 Å². The number of aliphatic carboxylic acids is 1. The molecule has 1 aromatic carbocycles. The van der Waals surface area contributed by atoms with Crippen LogP contribution in [-0.4, -0.2) is 16.1 Å². The number of carboxylic acid groups (broad SMARTS) is 1. The van der Waals surface area contributed by atoms with Crippen LogP contribution in [0, 0.1) is 0 Å². The van der Waals surface area contributed by atoms with Crippen LogP contribution in [0.1, 0.15) is 24.8 Å². The van der Waals surface area contributed by atoms with E-state index in [0.717, 1.165) is 16.3 Å². The molecule has 3 heteroatoms. The van der Waals surface area contributed by atoms with Gasteiger partial charge in [-0.25, -0.2) is 0 Å². The van der Waals surface area contributed by atoms with Gasteiger partial charge in [-0.3, -0.25) is 9.78 Å². The first-order chi connectivity index (χ1) is 7.66. The van der Waals surface area contributed by atoms with Crippen LogP contribution in [0.3, 0.4) is 0 Å². The summed E-state index contributed by atoms with van der Waals surface area (Å²) in [6.07, 6.45) is 3.71. The molecule has 0 aliphatic rings. The Bertz CT molecular complexity index is 522. The number of hydrogen-bond acceptors (Lipinski definition) is 2. The monoisotopic (exact) mass is 215 g/mol. The largest absolute Gasteiger partial charge is 0.481 e.